The molecule has 0 radical (unpaired) electrons. The smallest absolute Gasteiger partial charge is 0.455 e. The molecular weight excluding hydrogens is 513 g/mol. The highest BCUT2D eigenvalue weighted by Crippen LogP contribution is 2.50. The largest absolute Gasteiger partial charge is 0.508 e. The van der Waals surface area contributed by atoms with Crippen molar-refractivity contribution in [3.05, 3.63) is 67.9 Å². The second kappa shape index (κ2) is 10.7. The van der Waals surface area contributed by atoms with Crippen LogP contribution in [0.1, 0.15) is 36.6 Å². The number of rotatable bonds is 7. The minimum Gasteiger partial charge on any atom is -0.508 e. The molecule has 3 N–H and O–H groups in total. The first kappa shape index (κ1) is 26.2. The molecule has 5 rings (SSSR count). The molecule has 1 aromatic carbocycles. The molecule has 2 saturated heterocycles. The first-order valence-corrected chi connectivity index (χ1v) is 13.7. The number of likely N-dealkylation sites (tertiary alicyclic amines) is 1. The number of benzene rings is 1. The van der Waals surface area contributed by atoms with Crippen LogP contribution >= 0.6 is 22.9 Å². The Kier molecular flexibility index (Phi) is 7.61. The minimum absolute atomic E-state index is 0.100. The third-order valence-electron chi connectivity index (χ3n) is 7.67. The van der Waals surface area contributed by atoms with Gasteiger partial charge in [0.25, 0.3) is 0 Å². The molecule has 2 aliphatic heterocycles. The molecule has 0 unspecified atom stereocenters. The highest BCUT2D eigenvalue weighted by molar-refractivity contribution is 7.09. The molecule has 4 atom stereocenters. The number of hydrogen-bond acceptors (Lipinski definition) is 7. The molecule has 10 heteroatoms. The maximum atomic E-state index is 13.5. The summed E-state index contributed by atoms with van der Waals surface area (Å²) in [6.45, 7) is 2.01. The summed E-state index contributed by atoms with van der Waals surface area (Å²) in [6, 6.07) is 8.62. The summed E-state index contributed by atoms with van der Waals surface area (Å²) in [4.78, 5) is 29.1. The van der Waals surface area contributed by atoms with Gasteiger partial charge in [0.15, 0.2) is 0 Å². The van der Waals surface area contributed by atoms with Crippen LogP contribution in [0, 0.1) is 17.8 Å². The van der Waals surface area contributed by atoms with Crippen molar-refractivity contribution in [2.75, 3.05) is 6.61 Å². The van der Waals surface area contributed by atoms with Crippen molar-refractivity contribution in [2.45, 2.75) is 45.2 Å². The number of allylic oxidation sites excluding steroid dienone is 1. The van der Waals surface area contributed by atoms with Gasteiger partial charge in [0.2, 0.25) is 11.8 Å². The number of thiophene rings is 1. The Morgan fingerprint density at radius 3 is 2.78 bits per heavy atom. The Bertz CT molecular complexity index is 1260. The number of phenols is 1. The lowest BCUT2D eigenvalue weighted by atomic mass is 9.58. The predicted molar refractivity (Wildman–Crippen MR) is 143 cm³/mol. The van der Waals surface area contributed by atoms with Crippen molar-refractivity contribution in [3.8, 4) is 5.75 Å². The van der Waals surface area contributed by atoms with E-state index < -0.39 is 25.1 Å². The molecule has 0 spiro atoms. The lowest BCUT2D eigenvalue weighted by Crippen LogP contribution is -2.46. The zero-order valence-corrected chi connectivity index (χ0v) is 22.0. The van der Waals surface area contributed by atoms with Crippen LogP contribution in [0.15, 0.2) is 52.4 Å². The number of carbonyl (C=O) groups excluding carboxylic acids is 2. The summed E-state index contributed by atoms with van der Waals surface area (Å²) in [6.07, 6.45) is 3.20. The average Bonchev–Trinajstić information content (AvgIpc) is 3.46. The second-order valence-electron chi connectivity index (χ2n) is 10.1. The van der Waals surface area contributed by atoms with Gasteiger partial charge in [0.05, 0.1) is 36.1 Å². The summed E-state index contributed by atoms with van der Waals surface area (Å²) in [5, 5.41) is 32.8. The van der Waals surface area contributed by atoms with Crippen LogP contribution in [0.5, 0.6) is 5.75 Å². The van der Waals surface area contributed by atoms with Crippen LogP contribution in [0.4, 0.5) is 0 Å². The Morgan fingerprint density at radius 1 is 1.27 bits per heavy atom. The monoisotopic (exact) mass is 541 g/mol. The number of aliphatic hydroxyl groups is 1. The number of nitrogens with zero attached hydrogens (tertiary/aromatic N) is 1. The zero-order chi connectivity index (χ0) is 26.3. The van der Waals surface area contributed by atoms with Gasteiger partial charge in [-0.3, -0.25) is 14.5 Å². The highest BCUT2D eigenvalue weighted by Gasteiger charge is 2.57. The number of phenolic OH excluding ortho intramolecular Hbond substituents is 1. The van der Waals surface area contributed by atoms with Gasteiger partial charge in [0.1, 0.15) is 5.75 Å². The molecule has 0 saturated carbocycles. The van der Waals surface area contributed by atoms with Gasteiger partial charge < -0.3 is 19.9 Å². The van der Waals surface area contributed by atoms with Crippen molar-refractivity contribution in [2.24, 2.45) is 17.8 Å². The molecule has 194 valence electrons. The van der Waals surface area contributed by atoms with Gasteiger partial charge in [-0.05, 0) is 84.8 Å². The zero-order valence-electron chi connectivity index (χ0n) is 20.5. The van der Waals surface area contributed by atoms with E-state index in [0.717, 1.165) is 27.2 Å². The van der Waals surface area contributed by atoms with E-state index in [2.05, 4.69) is 0 Å². The van der Waals surface area contributed by atoms with E-state index in [-0.39, 0.29) is 43.0 Å². The van der Waals surface area contributed by atoms with Gasteiger partial charge in [-0.1, -0.05) is 29.3 Å². The fraction of sp³-hybridized carbons (Fsp3) is 0.407. The SMILES string of the molecule is C/C(=C\c1ccc(O)cc1Cl)CC[C@H]1OB(O)C[C@H]2C1=C(CO)C[C@H]1C(=O)N(Cc3cccs3)C(=O)[C@H]12. The maximum Gasteiger partial charge on any atom is 0.455 e. The van der Waals surface area contributed by atoms with Gasteiger partial charge in [-0.2, -0.15) is 0 Å². The van der Waals surface area contributed by atoms with Gasteiger partial charge in [-0.25, -0.2) is 0 Å². The van der Waals surface area contributed by atoms with Crippen LogP contribution in [-0.2, 0) is 20.8 Å². The molecule has 0 bridgehead atoms. The first-order valence-electron chi connectivity index (χ1n) is 12.5. The molecule has 3 heterocycles. The standard InChI is InChI=1S/C27H29BClNO6S/c1-15(9-16-5-6-18(32)11-22(16)29)4-7-23-24-17(14-31)10-20-25(21(24)12-28(35)36-23)27(34)30(26(20)33)13-19-3-2-8-37-19/h2-3,5-6,8-9,11,20-21,23,25,31-32,35H,4,7,10,12-14H2,1H3/b15-9+/t20-,21+,23-,25-/m1/s1. The molecule has 2 amide bonds. The Hall–Kier alpha value is -2.43. The summed E-state index contributed by atoms with van der Waals surface area (Å²) >= 11 is 7.75. The lowest BCUT2D eigenvalue weighted by Gasteiger charge is -2.42. The summed E-state index contributed by atoms with van der Waals surface area (Å²) in [5.74, 6) is -1.72. The normalized spacial score (nSPS) is 26.1. The first-order chi connectivity index (χ1) is 17.8. The van der Waals surface area contributed by atoms with E-state index in [9.17, 15) is 24.8 Å². The van der Waals surface area contributed by atoms with Crippen LogP contribution in [-0.4, -0.2) is 51.8 Å². The third kappa shape index (κ3) is 5.16. The van der Waals surface area contributed by atoms with Crippen molar-refractivity contribution in [3.63, 3.8) is 0 Å². The fourth-order valence-electron chi connectivity index (χ4n) is 6.02. The van der Waals surface area contributed by atoms with Crippen molar-refractivity contribution < 1.29 is 29.5 Å². The Labute approximate surface area is 225 Å². The van der Waals surface area contributed by atoms with Crippen LogP contribution in [0.25, 0.3) is 6.08 Å². The summed E-state index contributed by atoms with van der Waals surface area (Å²) in [7, 11) is -1.05. The van der Waals surface area contributed by atoms with Crippen LogP contribution < -0.4 is 0 Å². The molecule has 1 aliphatic carbocycles. The van der Waals surface area contributed by atoms with E-state index in [1.165, 1.54) is 22.3 Å². The Balaban J connectivity index is 1.37. The predicted octanol–water partition coefficient (Wildman–Crippen LogP) is 4.28. The van der Waals surface area contributed by atoms with E-state index in [1.807, 2.05) is 30.5 Å². The number of aromatic hydroxyl groups is 1. The molecule has 3 aliphatic rings. The summed E-state index contributed by atoms with van der Waals surface area (Å²) < 4.78 is 5.94. The van der Waals surface area contributed by atoms with E-state index in [4.69, 9.17) is 16.3 Å². The molecule has 37 heavy (non-hydrogen) atoms. The fourth-order valence-corrected chi connectivity index (χ4v) is 6.94. The van der Waals surface area contributed by atoms with Gasteiger partial charge in [0, 0.05) is 4.88 Å². The van der Waals surface area contributed by atoms with E-state index in [0.29, 0.717) is 24.3 Å². The van der Waals surface area contributed by atoms with E-state index >= 15 is 0 Å². The van der Waals surface area contributed by atoms with Crippen LogP contribution in [0.3, 0.4) is 0 Å². The maximum absolute atomic E-state index is 13.5. The summed E-state index contributed by atoms with van der Waals surface area (Å²) in [5.41, 5.74) is 3.42. The van der Waals surface area contributed by atoms with Crippen molar-refractivity contribution in [1.29, 1.82) is 0 Å². The minimum atomic E-state index is -1.05. The topological polar surface area (TPSA) is 107 Å². The molecule has 2 fully saturated rings. The van der Waals surface area contributed by atoms with Crippen molar-refractivity contribution >= 4 is 47.9 Å². The Morgan fingerprint density at radius 2 is 2.08 bits per heavy atom. The van der Waals surface area contributed by atoms with Gasteiger partial charge in [-0.15, -0.1) is 11.3 Å². The average molecular weight is 542 g/mol. The molecule has 7 nitrogen and oxygen atoms in total. The number of halogens is 1. The number of amides is 2. The molecule has 2 aromatic rings. The number of imide groups is 1. The number of fused-ring (bicyclic) bond motifs is 3. The quantitative estimate of drug-likeness (QED) is 0.274. The second-order valence-corrected chi connectivity index (χ2v) is 11.5. The van der Waals surface area contributed by atoms with Gasteiger partial charge >= 0.3 is 7.12 Å². The van der Waals surface area contributed by atoms with Crippen LogP contribution in [0.2, 0.25) is 11.3 Å². The molecule has 1 aromatic heterocycles. The van der Waals surface area contributed by atoms with Crippen molar-refractivity contribution in [1.82, 2.24) is 4.90 Å². The number of carbonyl (C=O) groups is 2. The van der Waals surface area contributed by atoms with E-state index in [1.54, 1.807) is 12.1 Å². The molecular formula is C27H29BClNO6S. The lowest BCUT2D eigenvalue weighted by molar-refractivity contribution is -0.140. The number of hydrogen-bond donors (Lipinski definition) is 3. The highest BCUT2D eigenvalue weighted by atomic mass is 35.5. The number of aliphatic hydroxyl groups excluding tert-OH is 1. The third-order valence-corrected chi connectivity index (χ3v) is 8.86.